The van der Waals surface area contributed by atoms with Crippen LogP contribution < -0.4 is 9.47 Å². The first-order valence-electron chi connectivity index (χ1n) is 17.0. The number of unbranched alkanes of at least 4 members (excludes halogenated alkanes) is 2. The SMILES string of the molecule is C=CCOC12Oc3ccc(Oc4cccc(C=O)c4)cc3C3C(CCCCO)C(CCCCO)C=C(C(=NOC)CC1N(C)C(=O)OC)C32. The van der Waals surface area contributed by atoms with Crippen LogP contribution in [-0.2, 0) is 14.3 Å². The van der Waals surface area contributed by atoms with E-state index in [1.807, 2.05) is 18.2 Å². The van der Waals surface area contributed by atoms with Gasteiger partial charge in [-0.25, -0.2) is 4.79 Å². The molecule has 2 aliphatic carbocycles. The first-order valence-corrected chi connectivity index (χ1v) is 17.0. The maximum Gasteiger partial charge on any atom is 0.409 e. The molecule has 11 nitrogen and oxygen atoms in total. The van der Waals surface area contributed by atoms with E-state index in [9.17, 15) is 19.8 Å². The van der Waals surface area contributed by atoms with Crippen LogP contribution in [0.4, 0.5) is 4.79 Å². The fourth-order valence-corrected chi connectivity index (χ4v) is 7.96. The number of aliphatic hydroxyl groups is 2. The van der Waals surface area contributed by atoms with E-state index in [-0.39, 0.29) is 44.0 Å². The summed E-state index contributed by atoms with van der Waals surface area (Å²) >= 11 is 0. The first-order chi connectivity index (χ1) is 23.8. The maximum absolute atomic E-state index is 13.2. The van der Waals surface area contributed by atoms with E-state index in [0.717, 1.165) is 43.1 Å². The van der Waals surface area contributed by atoms with Crippen molar-refractivity contribution in [2.24, 2.45) is 22.9 Å². The minimum absolute atomic E-state index is 0.0768. The molecule has 6 unspecified atom stereocenters. The van der Waals surface area contributed by atoms with Gasteiger partial charge in [-0.15, -0.1) is 6.58 Å². The standard InChI is InChI=1S/C38H48N2O9/c1-5-19-47-38-34(40(2)37(44)45-3)23-32(39-46-4)30-21-26(12-6-8-17-41)29(14-7-9-18-42)35(36(30)38)31-22-28(15-16-33(31)49-38)48-27-13-10-11-25(20-27)24-43/h5,10-11,13,15-16,20-22,24,26,29,34-36,41-42H,1,6-9,12,14,17-19,23H2,2-4H3. The molecule has 1 amide bonds. The van der Waals surface area contributed by atoms with Crippen molar-refractivity contribution >= 4 is 18.1 Å². The van der Waals surface area contributed by atoms with Gasteiger partial charge >= 0.3 is 6.09 Å². The summed E-state index contributed by atoms with van der Waals surface area (Å²) in [5.74, 6) is -0.0622. The Morgan fingerprint density at radius 2 is 1.84 bits per heavy atom. The normalized spacial score (nSPS) is 26.0. The van der Waals surface area contributed by atoms with Crippen LogP contribution in [0.5, 0.6) is 17.2 Å². The summed E-state index contributed by atoms with van der Waals surface area (Å²) in [4.78, 5) is 31.5. The van der Waals surface area contributed by atoms with Gasteiger partial charge in [-0.3, -0.25) is 4.79 Å². The predicted molar refractivity (Wildman–Crippen MR) is 184 cm³/mol. The number of fused-ring (bicyclic) bond motifs is 2. The van der Waals surface area contributed by atoms with E-state index in [0.29, 0.717) is 41.4 Å². The van der Waals surface area contributed by atoms with Crippen molar-refractivity contribution in [2.75, 3.05) is 41.1 Å². The van der Waals surface area contributed by atoms with Gasteiger partial charge in [0.1, 0.15) is 36.7 Å². The van der Waals surface area contributed by atoms with Gasteiger partial charge in [0.15, 0.2) is 0 Å². The Bertz CT molecular complexity index is 1540. The molecule has 11 heteroatoms. The number of allylic oxidation sites excluding steroid dienone is 1. The second kappa shape index (κ2) is 16.5. The quantitative estimate of drug-likeness (QED) is 0.0915. The molecule has 49 heavy (non-hydrogen) atoms. The van der Waals surface area contributed by atoms with Gasteiger partial charge in [-0.05, 0) is 73.4 Å². The average molecular weight is 677 g/mol. The van der Waals surface area contributed by atoms with E-state index >= 15 is 0 Å². The molecule has 0 aromatic heterocycles. The second-order valence-electron chi connectivity index (χ2n) is 12.8. The Labute approximate surface area is 288 Å². The Morgan fingerprint density at radius 1 is 1.08 bits per heavy atom. The van der Waals surface area contributed by atoms with E-state index in [1.54, 1.807) is 37.4 Å². The summed E-state index contributed by atoms with van der Waals surface area (Å²) in [6.07, 6.45) is 9.12. The molecule has 1 heterocycles. The molecular formula is C38H48N2O9. The van der Waals surface area contributed by atoms with Crippen LogP contribution in [0.25, 0.3) is 0 Å². The fraction of sp³-hybridized carbons (Fsp3) is 0.500. The summed E-state index contributed by atoms with van der Waals surface area (Å²) in [7, 11) is 4.52. The summed E-state index contributed by atoms with van der Waals surface area (Å²) < 4.78 is 25.3. The number of methoxy groups -OCH3 is 1. The minimum atomic E-state index is -1.35. The largest absolute Gasteiger partial charge is 0.459 e. The van der Waals surface area contributed by atoms with Crippen molar-refractivity contribution in [3.63, 3.8) is 0 Å². The number of aliphatic hydroxyl groups excluding tert-OH is 2. The number of benzene rings is 2. The monoisotopic (exact) mass is 676 g/mol. The number of oxime groups is 1. The fourth-order valence-electron chi connectivity index (χ4n) is 7.96. The molecule has 1 fully saturated rings. The van der Waals surface area contributed by atoms with Crippen LogP contribution in [0.3, 0.4) is 0 Å². The van der Waals surface area contributed by atoms with Gasteiger partial charge in [0, 0.05) is 43.7 Å². The molecule has 1 aliphatic heterocycles. The number of amides is 1. The van der Waals surface area contributed by atoms with Gasteiger partial charge < -0.3 is 38.9 Å². The number of likely N-dealkylation sites (N-methyl/N-ethyl adjacent to an activating group) is 1. The highest BCUT2D eigenvalue weighted by Crippen LogP contribution is 2.61. The molecule has 5 rings (SSSR count). The lowest BCUT2D eigenvalue weighted by Gasteiger charge is -2.59. The Kier molecular flexibility index (Phi) is 12.1. The van der Waals surface area contributed by atoms with Crippen LogP contribution in [0, 0.1) is 17.8 Å². The number of rotatable bonds is 16. The first kappa shape index (κ1) is 36.1. The molecular weight excluding hydrogens is 628 g/mol. The number of carbonyl (C=O) groups is 2. The van der Waals surface area contributed by atoms with E-state index < -0.39 is 23.8 Å². The molecule has 0 spiro atoms. The third-order valence-electron chi connectivity index (χ3n) is 10.0. The van der Waals surface area contributed by atoms with Gasteiger partial charge in [0.05, 0.1) is 25.3 Å². The smallest absolute Gasteiger partial charge is 0.409 e. The van der Waals surface area contributed by atoms with Crippen LogP contribution >= 0.6 is 0 Å². The van der Waals surface area contributed by atoms with Crippen LogP contribution in [0.15, 0.2) is 71.9 Å². The van der Waals surface area contributed by atoms with Crippen molar-refractivity contribution in [1.29, 1.82) is 0 Å². The van der Waals surface area contributed by atoms with Crippen LogP contribution in [-0.4, -0.2) is 86.1 Å². The Hall–Kier alpha value is -4.19. The van der Waals surface area contributed by atoms with Crippen molar-refractivity contribution in [1.82, 2.24) is 4.90 Å². The van der Waals surface area contributed by atoms with E-state index in [2.05, 4.69) is 17.8 Å². The minimum Gasteiger partial charge on any atom is -0.459 e. The molecule has 1 saturated carbocycles. The lowest BCUT2D eigenvalue weighted by atomic mass is 9.55. The number of aldehydes is 1. The predicted octanol–water partition coefficient (Wildman–Crippen LogP) is 6.25. The Balaban J connectivity index is 1.74. The van der Waals surface area contributed by atoms with Crippen LogP contribution in [0.1, 0.15) is 66.8 Å². The lowest BCUT2D eigenvalue weighted by Crippen LogP contribution is -2.69. The maximum atomic E-state index is 13.2. The summed E-state index contributed by atoms with van der Waals surface area (Å²) in [5.41, 5.74) is 3.07. The summed E-state index contributed by atoms with van der Waals surface area (Å²) in [5, 5.41) is 23.9. The highest BCUT2D eigenvalue weighted by atomic mass is 16.7. The third-order valence-corrected chi connectivity index (χ3v) is 10.0. The van der Waals surface area contributed by atoms with Gasteiger partial charge in [0.2, 0.25) is 5.79 Å². The van der Waals surface area contributed by atoms with Crippen molar-refractivity contribution < 1.29 is 43.6 Å². The number of ether oxygens (including phenoxy) is 4. The van der Waals surface area contributed by atoms with Gasteiger partial charge in [-0.1, -0.05) is 42.3 Å². The number of hydrogen-bond acceptors (Lipinski definition) is 10. The zero-order valence-corrected chi connectivity index (χ0v) is 28.6. The lowest BCUT2D eigenvalue weighted by molar-refractivity contribution is -0.253. The second-order valence-corrected chi connectivity index (χ2v) is 12.8. The molecule has 0 bridgehead atoms. The number of hydrogen-bond donors (Lipinski definition) is 2. The van der Waals surface area contributed by atoms with Crippen molar-refractivity contribution in [2.45, 2.75) is 62.7 Å². The van der Waals surface area contributed by atoms with Gasteiger partial charge in [-0.2, -0.15) is 0 Å². The number of carbonyl (C=O) groups excluding carboxylic acids is 2. The third kappa shape index (κ3) is 7.39. The molecule has 2 aromatic carbocycles. The van der Waals surface area contributed by atoms with Gasteiger partial charge in [0.25, 0.3) is 0 Å². The topological polar surface area (TPSA) is 136 Å². The molecule has 2 N–H and O–H groups in total. The highest BCUT2D eigenvalue weighted by molar-refractivity contribution is 6.02. The van der Waals surface area contributed by atoms with E-state index in [1.165, 1.54) is 19.1 Å². The molecule has 2 aromatic rings. The van der Waals surface area contributed by atoms with Crippen molar-refractivity contribution in [3.8, 4) is 17.2 Å². The summed E-state index contributed by atoms with van der Waals surface area (Å²) in [6.45, 7) is 4.29. The van der Waals surface area contributed by atoms with E-state index in [4.69, 9.17) is 23.8 Å². The summed E-state index contributed by atoms with van der Waals surface area (Å²) in [6, 6.07) is 12.0. The number of nitrogens with zero attached hydrogens (tertiary/aromatic N) is 2. The van der Waals surface area contributed by atoms with Crippen molar-refractivity contribution in [3.05, 3.63) is 77.9 Å². The molecule has 0 radical (unpaired) electrons. The van der Waals surface area contributed by atoms with Crippen LogP contribution in [0.2, 0.25) is 0 Å². The average Bonchev–Trinajstić information content (AvgIpc) is 3.12. The highest BCUT2D eigenvalue weighted by Gasteiger charge is 2.65. The Morgan fingerprint density at radius 3 is 2.53 bits per heavy atom. The zero-order chi connectivity index (χ0) is 35.0. The zero-order valence-electron chi connectivity index (χ0n) is 28.6. The molecule has 0 saturated heterocycles. The molecule has 3 aliphatic rings. The molecule has 264 valence electrons. The molecule has 6 atom stereocenters.